The molecular weight excluding hydrogens is 180 g/mol. The van der Waals surface area contributed by atoms with Gasteiger partial charge in [0, 0.05) is 19.2 Å². The van der Waals surface area contributed by atoms with Crippen molar-refractivity contribution in [2.45, 2.75) is 25.4 Å². The summed E-state index contributed by atoms with van der Waals surface area (Å²) in [6.45, 7) is 2.69. The van der Waals surface area contributed by atoms with Gasteiger partial charge in [0.1, 0.15) is 5.76 Å². The summed E-state index contributed by atoms with van der Waals surface area (Å²) in [5.41, 5.74) is 5.62. The van der Waals surface area contributed by atoms with E-state index in [1.807, 2.05) is 19.1 Å². The first-order valence-corrected chi connectivity index (χ1v) is 4.88. The second kappa shape index (κ2) is 5.80. The molecule has 0 aliphatic carbocycles. The molecule has 4 nitrogen and oxygen atoms in total. The van der Waals surface area contributed by atoms with Crippen molar-refractivity contribution >= 4 is 0 Å². The molecule has 0 fully saturated rings. The van der Waals surface area contributed by atoms with Gasteiger partial charge in [0.2, 0.25) is 0 Å². The van der Waals surface area contributed by atoms with E-state index in [1.54, 1.807) is 6.26 Å². The zero-order valence-corrected chi connectivity index (χ0v) is 8.44. The van der Waals surface area contributed by atoms with Gasteiger partial charge in [-0.3, -0.25) is 0 Å². The van der Waals surface area contributed by atoms with Crippen molar-refractivity contribution in [2.75, 3.05) is 13.2 Å². The van der Waals surface area contributed by atoms with Crippen LogP contribution in [-0.4, -0.2) is 24.3 Å². The molecule has 4 N–H and O–H groups in total. The van der Waals surface area contributed by atoms with E-state index in [0.29, 0.717) is 6.54 Å². The van der Waals surface area contributed by atoms with Crippen LogP contribution in [-0.2, 0) is 0 Å². The van der Waals surface area contributed by atoms with Crippen LogP contribution < -0.4 is 11.1 Å². The molecule has 2 atom stereocenters. The van der Waals surface area contributed by atoms with Crippen LogP contribution in [0.25, 0.3) is 0 Å². The maximum absolute atomic E-state index is 8.76. The summed E-state index contributed by atoms with van der Waals surface area (Å²) < 4.78 is 5.26. The fraction of sp³-hybridized carbons (Fsp3) is 0.600. The molecule has 1 heterocycles. The molecular formula is C10H18N2O2. The molecule has 4 heteroatoms. The Bertz CT molecular complexity index is 236. The Kier molecular flexibility index (Phi) is 4.65. The Morgan fingerprint density at radius 3 is 2.93 bits per heavy atom. The fourth-order valence-electron chi connectivity index (χ4n) is 1.38. The third kappa shape index (κ3) is 3.14. The number of nitrogens with two attached hydrogens (primary N) is 1. The fourth-order valence-corrected chi connectivity index (χ4v) is 1.38. The second-order valence-corrected chi connectivity index (χ2v) is 3.38. The van der Waals surface area contributed by atoms with E-state index in [9.17, 15) is 0 Å². The standard InChI is InChI=1S/C10H18N2O2/c1-8(4-5-13)12-9(7-11)10-3-2-6-14-10/h2-3,6,8-9,12-13H,4-5,7,11H2,1H3. The first kappa shape index (κ1) is 11.2. The summed E-state index contributed by atoms with van der Waals surface area (Å²) in [6, 6.07) is 4.01. The molecule has 1 rings (SSSR count). The maximum atomic E-state index is 8.76. The van der Waals surface area contributed by atoms with Crippen LogP contribution in [0, 0.1) is 0 Å². The number of aliphatic hydroxyl groups is 1. The Hall–Kier alpha value is -0.840. The van der Waals surface area contributed by atoms with E-state index in [4.69, 9.17) is 15.3 Å². The molecule has 0 aromatic carbocycles. The lowest BCUT2D eigenvalue weighted by atomic mass is 10.1. The normalized spacial score (nSPS) is 15.4. The van der Waals surface area contributed by atoms with Gasteiger partial charge in [-0.05, 0) is 25.5 Å². The van der Waals surface area contributed by atoms with Crippen LogP contribution in [0.3, 0.4) is 0 Å². The summed E-state index contributed by atoms with van der Waals surface area (Å²) in [6.07, 6.45) is 2.35. The number of rotatable bonds is 6. The van der Waals surface area contributed by atoms with E-state index in [2.05, 4.69) is 5.32 Å². The molecule has 0 radical (unpaired) electrons. The lowest BCUT2D eigenvalue weighted by Gasteiger charge is -2.19. The van der Waals surface area contributed by atoms with Gasteiger partial charge in [-0.25, -0.2) is 0 Å². The highest BCUT2D eigenvalue weighted by molar-refractivity contribution is 5.05. The minimum Gasteiger partial charge on any atom is -0.468 e. The van der Waals surface area contributed by atoms with Gasteiger partial charge in [0.15, 0.2) is 0 Å². The molecule has 14 heavy (non-hydrogen) atoms. The van der Waals surface area contributed by atoms with Crippen LogP contribution in [0.4, 0.5) is 0 Å². The molecule has 0 bridgehead atoms. The molecule has 1 aromatic heterocycles. The molecule has 0 aliphatic heterocycles. The number of furan rings is 1. The molecule has 0 amide bonds. The Morgan fingerprint density at radius 2 is 2.43 bits per heavy atom. The first-order chi connectivity index (χ1) is 6.77. The predicted octanol–water partition coefficient (Wildman–Crippen LogP) is 0.640. The van der Waals surface area contributed by atoms with Crippen molar-refractivity contribution in [3.8, 4) is 0 Å². The zero-order chi connectivity index (χ0) is 10.4. The monoisotopic (exact) mass is 198 g/mol. The molecule has 1 aromatic rings. The number of hydrogen-bond donors (Lipinski definition) is 3. The average Bonchev–Trinajstić information content (AvgIpc) is 2.67. The second-order valence-electron chi connectivity index (χ2n) is 3.38. The molecule has 0 saturated carbocycles. The van der Waals surface area contributed by atoms with Crippen molar-refractivity contribution in [3.05, 3.63) is 24.2 Å². The Morgan fingerprint density at radius 1 is 1.64 bits per heavy atom. The van der Waals surface area contributed by atoms with Crippen molar-refractivity contribution in [1.82, 2.24) is 5.32 Å². The molecule has 80 valence electrons. The van der Waals surface area contributed by atoms with Gasteiger partial charge in [-0.15, -0.1) is 0 Å². The van der Waals surface area contributed by atoms with E-state index in [1.165, 1.54) is 0 Å². The van der Waals surface area contributed by atoms with Crippen LogP contribution in [0.1, 0.15) is 25.1 Å². The lowest BCUT2D eigenvalue weighted by molar-refractivity contribution is 0.259. The highest BCUT2D eigenvalue weighted by atomic mass is 16.3. The van der Waals surface area contributed by atoms with Crippen molar-refractivity contribution in [1.29, 1.82) is 0 Å². The van der Waals surface area contributed by atoms with Crippen LogP contribution >= 0.6 is 0 Å². The predicted molar refractivity (Wildman–Crippen MR) is 54.8 cm³/mol. The molecule has 2 unspecified atom stereocenters. The summed E-state index contributed by atoms with van der Waals surface area (Å²) in [4.78, 5) is 0. The third-order valence-corrected chi connectivity index (χ3v) is 2.17. The van der Waals surface area contributed by atoms with Crippen LogP contribution in [0.2, 0.25) is 0 Å². The van der Waals surface area contributed by atoms with E-state index < -0.39 is 0 Å². The zero-order valence-electron chi connectivity index (χ0n) is 8.44. The minimum absolute atomic E-state index is 0.0338. The van der Waals surface area contributed by atoms with Crippen molar-refractivity contribution in [3.63, 3.8) is 0 Å². The van der Waals surface area contributed by atoms with Crippen molar-refractivity contribution < 1.29 is 9.52 Å². The highest BCUT2D eigenvalue weighted by Crippen LogP contribution is 2.13. The van der Waals surface area contributed by atoms with E-state index in [-0.39, 0.29) is 18.7 Å². The Balaban J connectivity index is 2.47. The van der Waals surface area contributed by atoms with Gasteiger partial charge in [0.05, 0.1) is 12.3 Å². The van der Waals surface area contributed by atoms with Crippen LogP contribution in [0.5, 0.6) is 0 Å². The Labute approximate surface area is 84.1 Å². The quantitative estimate of drug-likeness (QED) is 0.627. The topological polar surface area (TPSA) is 71.4 Å². The summed E-state index contributed by atoms with van der Waals surface area (Å²) in [5.74, 6) is 0.845. The summed E-state index contributed by atoms with van der Waals surface area (Å²) in [7, 11) is 0. The first-order valence-electron chi connectivity index (χ1n) is 4.88. The molecule has 0 spiro atoms. The highest BCUT2D eigenvalue weighted by Gasteiger charge is 2.14. The maximum Gasteiger partial charge on any atom is 0.121 e. The van der Waals surface area contributed by atoms with E-state index in [0.717, 1.165) is 12.2 Å². The van der Waals surface area contributed by atoms with Gasteiger partial charge in [-0.2, -0.15) is 0 Å². The number of nitrogens with one attached hydrogen (secondary N) is 1. The summed E-state index contributed by atoms with van der Waals surface area (Å²) >= 11 is 0. The third-order valence-electron chi connectivity index (χ3n) is 2.17. The molecule has 0 saturated heterocycles. The average molecular weight is 198 g/mol. The summed E-state index contributed by atoms with van der Waals surface area (Å²) in [5, 5.41) is 12.0. The van der Waals surface area contributed by atoms with Gasteiger partial charge in [0.25, 0.3) is 0 Å². The van der Waals surface area contributed by atoms with Crippen LogP contribution in [0.15, 0.2) is 22.8 Å². The minimum atomic E-state index is 0.0338. The van der Waals surface area contributed by atoms with Gasteiger partial charge < -0.3 is 20.6 Å². The SMILES string of the molecule is CC(CCO)NC(CN)c1ccco1. The molecule has 0 aliphatic rings. The van der Waals surface area contributed by atoms with Gasteiger partial charge in [-0.1, -0.05) is 0 Å². The lowest BCUT2D eigenvalue weighted by Crippen LogP contribution is -2.35. The number of aliphatic hydroxyl groups excluding tert-OH is 1. The smallest absolute Gasteiger partial charge is 0.121 e. The van der Waals surface area contributed by atoms with E-state index >= 15 is 0 Å². The number of hydrogen-bond acceptors (Lipinski definition) is 4. The largest absolute Gasteiger partial charge is 0.468 e. The van der Waals surface area contributed by atoms with Crippen molar-refractivity contribution in [2.24, 2.45) is 5.73 Å². The van der Waals surface area contributed by atoms with Gasteiger partial charge >= 0.3 is 0 Å².